The highest BCUT2D eigenvalue weighted by molar-refractivity contribution is 5.96. The molecule has 0 spiro atoms. The molecular formula is C8H5N3O. The molecule has 0 aliphatic carbocycles. The van der Waals surface area contributed by atoms with Crippen LogP contribution in [-0.4, -0.2) is 5.91 Å². The van der Waals surface area contributed by atoms with Crippen LogP contribution in [0, 0.1) is 6.54 Å². The van der Waals surface area contributed by atoms with Crippen LogP contribution in [0.4, 0.5) is 0 Å². The fourth-order valence-corrected chi connectivity index (χ4v) is 0.988. The van der Waals surface area contributed by atoms with Crippen LogP contribution in [0.3, 0.4) is 0 Å². The van der Waals surface area contributed by atoms with Crippen LogP contribution in [0.2, 0.25) is 0 Å². The van der Waals surface area contributed by atoms with E-state index in [2.05, 4.69) is 22.3 Å². The molecule has 4 heteroatoms. The summed E-state index contributed by atoms with van der Waals surface area (Å²) in [7, 11) is 0. The number of hydrogen-bond donors (Lipinski definition) is 1. The van der Waals surface area contributed by atoms with Gasteiger partial charge in [-0.05, 0) is 6.07 Å². The molecule has 4 nitrogen and oxygen atoms in total. The molecule has 2 rings (SSSR count). The lowest BCUT2D eigenvalue weighted by molar-refractivity contribution is 0.0953. The molecule has 2 radical (unpaired) electrons. The molecule has 0 fully saturated rings. The predicted octanol–water partition coefficient (Wildman–Crippen LogP) is 1.18. The summed E-state index contributed by atoms with van der Waals surface area (Å²) in [4.78, 5) is 11.2. The lowest BCUT2D eigenvalue weighted by Crippen LogP contribution is -2.16. The zero-order chi connectivity index (χ0) is 8.39. The zero-order valence-corrected chi connectivity index (χ0v) is 6.11. The molecule has 1 aromatic carbocycles. The van der Waals surface area contributed by atoms with Gasteiger partial charge in [0.05, 0.1) is 0 Å². The Kier molecular flexibility index (Phi) is 1.59. The molecule has 58 valence electrons. The van der Waals surface area contributed by atoms with E-state index in [-0.39, 0.29) is 5.91 Å². The van der Waals surface area contributed by atoms with Gasteiger partial charge in [-0.25, -0.2) is 5.43 Å². The third kappa shape index (κ3) is 1.07. The van der Waals surface area contributed by atoms with E-state index in [0.29, 0.717) is 11.1 Å². The summed E-state index contributed by atoms with van der Waals surface area (Å²) in [6.07, 6.45) is 0. The first-order valence-electron chi connectivity index (χ1n) is 3.43. The largest absolute Gasteiger partial charge is 0.273 e. The van der Waals surface area contributed by atoms with Crippen molar-refractivity contribution in [3.63, 3.8) is 0 Å². The molecule has 1 heterocycles. The minimum Gasteiger partial charge on any atom is -0.267 e. The fraction of sp³-hybridized carbons (Fsp3) is 0. The SMILES string of the molecule is O=C1NN=N[C]c2ccccc21. The minimum atomic E-state index is -0.251. The first kappa shape index (κ1) is 6.97. The first-order chi connectivity index (χ1) is 5.88. The Bertz CT molecular complexity index is 346. The molecule has 1 aromatic rings. The summed E-state index contributed by atoms with van der Waals surface area (Å²) in [5.74, 6) is -0.251. The van der Waals surface area contributed by atoms with Crippen LogP contribution in [0.5, 0.6) is 0 Å². The predicted molar refractivity (Wildman–Crippen MR) is 41.1 cm³/mol. The highest BCUT2D eigenvalue weighted by Crippen LogP contribution is 2.13. The Morgan fingerprint density at radius 3 is 3.08 bits per heavy atom. The lowest BCUT2D eigenvalue weighted by Gasteiger charge is -1.98. The highest BCUT2D eigenvalue weighted by atomic mass is 16.2. The fourth-order valence-electron chi connectivity index (χ4n) is 0.988. The maximum absolute atomic E-state index is 11.2. The van der Waals surface area contributed by atoms with Crippen LogP contribution in [0.15, 0.2) is 34.6 Å². The molecule has 1 N–H and O–H groups in total. The van der Waals surface area contributed by atoms with Crippen molar-refractivity contribution in [1.82, 2.24) is 5.43 Å². The van der Waals surface area contributed by atoms with Crippen molar-refractivity contribution in [3.05, 3.63) is 41.9 Å². The Hall–Kier alpha value is -1.71. The average Bonchev–Trinajstić information content (AvgIpc) is 2.29. The number of nitrogens with one attached hydrogen (secondary N) is 1. The Morgan fingerprint density at radius 2 is 2.17 bits per heavy atom. The second-order valence-corrected chi connectivity index (χ2v) is 2.30. The van der Waals surface area contributed by atoms with E-state index in [1.165, 1.54) is 0 Å². The van der Waals surface area contributed by atoms with Gasteiger partial charge in [0, 0.05) is 11.1 Å². The third-order valence-corrected chi connectivity index (χ3v) is 1.54. The number of nitrogens with zero attached hydrogens (tertiary/aromatic N) is 2. The van der Waals surface area contributed by atoms with Crippen LogP contribution in [-0.2, 0) is 0 Å². The maximum Gasteiger partial charge on any atom is 0.273 e. The first-order valence-corrected chi connectivity index (χ1v) is 3.43. The molecule has 0 saturated carbocycles. The van der Waals surface area contributed by atoms with Gasteiger partial charge in [0.1, 0.15) is 0 Å². The zero-order valence-electron chi connectivity index (χ0n) is 6.11. The normalized spacial score (nSPS) is 14.8. The van der Waals surface area contributed by atoms with E-state index < -0.39 is 0 Å². The Labute approximate surface area is 69.3 Å². The van der Waals surface area contributed by atoms with E-state index in [1.54, 1.807) is 18.2 Å². The molecule has 0 unspecified atom stereocenters. The van der Waals surface area contributed by atoms with Gasteiger partial charge in [-0.15, -0.1) is 0 Å². The maximum atomic E-state index is 11.2. The standard InChI is InChI=1S/C8H5N3O/c12-8-7-4-2-1-3-6(7)5-9-11-10-8/h1-4H,(H,9,10,12). The van der Waals surface area contributed by atoms with Gasteiger partial charge in [-0.2, -0.15) is 5.11 Å². The number of carbonyl (C=O) groups is 1. The van der Waals surface area contributed by atoms with Crippen LogP contribution < -0.4 is 5.43 Å². The summed E-state index contributed by atoms with van der Waals surface area (Å²) >= 11 is 0. The van der Waals surface area contributed by atoms with E-state index in [9.17, 15) is 4.79 Å². The number of benzene rings is 1. The quantitative estimate of drug-likeness (QED) is 0.607. The molecule has 12 heavy (non-hydrogen) atoms. The summed E-state index contributed by atoms with van der Waals surface area (Å²) in [6, 6.07) is 7.07. The smallest absolute Gasteiger partial charge is 0.267 e. The highest BCUT2D eigenvalue weighted by Gasteiger charge is 2.12. The van der Waals surface area contributed by atoms with Gasteiger partial charge >= 0.3 is 0 Å². The number of carbonyl (C=O) groups excluding carboxylic acids is 1. The van der Waals surface area contributed by atoms with Crippen LogP contribution in [0.25, 0.3) is 0 Å². The topological polar surface area (TPSA) is 53.8 Å². The van der Waals surface area contributed by atoms with E-state index in [4.69, 9.17) is 0 Å². The molecule has 1 aliphatic rings. The monoisotopic (exact) mass is 159 g/mol. The number of amides is 1. The second kappa shape index (κ2) is 2.73. The van der Waals surface area contributed by atoms with Crippen molar-refractivity contribution >= 4 is 5.91 Å². The summed E-state index contributed by atoms with van der Waals surface area (Å²) in [5, 5.41) is 6.89. The number of hydrogen-bond acceptors (Lipinski definition) is 3. The molecule has 0 bridgehead atoms. The molecule has 0 saturated heterocycles. The van der Waals surface area contributed by atoms with Gasteiger partial charge < -0.3 is 0 Å². The summed E-state index contributed by atoms with van der Waals surface area (Å²) < 4.78 is 0. The van der Waals surface area contributed by atoms with Crippen molar-refractivity contribution in [2.24, 2.45) is 10.3 Å². The lowest BCUT2D eigenvalue weighted by atomic mass is 10.1. The van der Waals surface area contributed by atoms with Crippen molar-refractivity contribution in [3.8, 4) is 0 Å². The average molecular weight is 159 g/mol. The number of rotatable bonds is 0. The summed E-state index contributed by atoms with van der Waals surface area (Å²) in [6.45, 7) is 2.63. The number of fused-ring (bicyclic) bond motifs is 1. The molecule has 0 atom stereocenters. The van der Waals surface area contributed by atoms with Crippen molar-refractivity contribution in [1.29, 1.82) is 0 Å². The van der Waals surface area contributed by atoms with Crippen molar-refractivity contribution in [2.75, 3.05) is 0 Å². The van der Waals surface area contributed by atoms with Crippen molar-refractivity contribution < 1.29 is 4.79 Å². The second-order valence-electron chi connectivity index (χ2n) is 2.30. The Balaban J connectivity index is 2.52. The summed E-state index contributed by atoms with van der Waals surface area (Å²) in [5.41, 5.74) is 3.46. The molecule has 1 amide bonds. The van der Waals surface area contributed by atoms with Crippen LogP contribution >= 0.6 is 0 Å². The molecule has 0 aromatic heterocycles. The third-order valence-electron chi connectivity index (χ3n) is 1.54. The van der Waals surface area contributed by atoms with Gasteiger partial charge in [-0.3, -0.25) is 4.79 Å². The Morgan fingerprint density at radius 1 is 1.33 bits per heavy atom. The van der Waals surface area contributed by atoms with Crippen molar-refractivity contribution in [2.45, 2.75) is 0 Å². The van der Waals surface area contributed by atoms with Gasteiger partial charge in [0.2, 0.25) is 0 Å². The van der Waals surface area contributed by atoms with Crippen LogP contribution in [0.1, 0.15) is 15.9 Å². The molecular weight excluding hydrogens is 154 g/mol. The van der Waals surface area contributed by atoms with Gasteiger partial charge in [0.15, 0.2) is 6.54 Å². The minimum absolute atomic E-state index is 0.251. The van der Waals surface area contributed by atoms with Gasteiger partial charge in [-0.1, -0.05) is 23.4 Å². The van der Waals surface area contributed by atoms with E-state index >= 15 is 0 Å². The van der Waals surface area contributed by atoms with Gasteiger partial charge in [0.25, 0.3) is 5.91 Å². The molecule has 1 aliphatic heterocycles. The van der Waals surface area contributed by atoms with E-state index in [1.807, 2.05) is 6.07 Å². The van der Waals surface area contributed by atoms with E-state index in [0.717, 1.165) is 0 Å².